The van der Waals surface area contributed by atoms with E-state index in [2.05, 4.69) is 69.3 Å². The summed E-state index contributed by atoms with van der Waals surface area (Å²) >= 11 is 0. The van der Waals surface area contributed by atoms with Gasteiger partial charge in [-0.15, -0.1) is 0 Å². The first kappa shape index (κ1) is 19.9. The van der Waals surface area contributed by atoms with Gasteiger partial charge in [0.15, 0.2) is 0 Å². The van der Waals surface area contributed by atoms with E-state index in [1.165, 1.54) is 17.5 Å². The normalized spacial score (nSPS) is 11.7. The first-order valence-corrected chi connectivity index (χ1v) is 11.3. The smallest absolute Gasteiger partial charge is 0.337 e. The molecule has 4 heteroatoms. The molecule has 3 aromatic carbocycles. The lowest BCUT2D eigenvalue weighted by Gasteiger charge is -2.43. The highest BCUT2D eigenvalue weighted by molar-refractivity contribution is 7.00. The van der Waals surface area contributed by atoms with Crippen molar-refractivity contribution in [3.8, 4) is 5.75 Å². The molecule has 28 heavy (non-hydrogen) atoms. The minimum Gasteiger partial charge on any atom is -0.534 e. The molecule has 144 valence electrons. The first-order chi connectivity index (χ1) is 13.4. The van der Waals surface area contributed by atoms with E-state index >= 15 is 0 Å². The van der Waals surface area contributed by atoms with Crippen molar-refractivity contribution in [2.75, 3.05) is 7.11 Å². The summed E-state index contributed by atoms with van der Waals surface area (Å²) < 4.78 is 11.7. The molecule has 0 aliphatic carbocycles. The van der Waals surface area contributed by atoms with Crippen molar-refractivity contribution in [1.29, 1.82) is 0 Å². The van der Waals surface area contributed by atoms with Crippen molar-refractivity contribution in [3.63, 3.8) is 0 Å². The topological polar surface area (TPSA) is 35.5 Å². The molecule has 3 aromatic rings. The predicted octanol–water partition coefficient (Wildman–Crippen LogP) is 4.41. The zero-order valence-electron chi connectivity index (χ0n) is 16.8. The first-order valence-electron chi connectivity index (χ1n) is 9.37. The van der Waals surface area contributed by atoms with Gasteiger partial charge in [0.05, 0.1) is 12.7 Å². The van der Waals surface area contributed by atoms with Gasteiger partial charge in [0.25, 0.3) is 0 Å². The number of methoxy groups -OCH3 is 1. The Bertz CT molecular complexity index is 874. The Morgan fingerprint density at radius 2 is 1.21 bits per heavy atom. The van der Waals surface area contributed by atoms with E-state index in [4.69, 9.17) is 9.16 Å². The van der Waals surface area contributed by atoms with Gasteiger partial charge in [-0.2, -0.15) is 0 Å². The third kappa shape index (κ3) is 3.73. The van der Waals surface area contributed by atoms with Crippen LogP contribution in [0.4, 0.5) is 0 Å². The van der Waals surface area contributed by atoms with Crippen LogP contribution in [0, 0.1) is 0 Å². The molecule has 0 atom stereocenters. The van der Waals surface area contributed by atoms with Gasteiger partial charge in [-0.3, -0.25) is 0 Å². The number of hydrogen-bond donors (Lipinski definition) is 0. The summed E-state index contributed by atoms with van der Waals surface area (Å²) in [6.07, 6.45) is 0. The van der Waals surface area contributed by atoms with Crippen LogP contribution in [0.5, 0.6) is 5.75 Å². The second-order valence-electron chi connectivity index (χ2n) is 7.78. The summed E-state index contributed by atoms with van der Waals surface area (Å²) in [5.41, 5.74) is 0.511. The zero-order valence-corrected chi connectivity index (χ0v) is 17.8. The maximum Gasteiger partial charge on any atom is 0.337 e. The lowest BCUT2D eigenvalue weighted by atomic mass is 10.2. The quantitative estimate of drug-likeness (QED) is 0.478. The van der Waals surface area contributed by atoms with Gasteiger partial charge in [0.1, 0.15) is 5.75 Å². The van der Waals surface area contributed by atoms with E-state index in [1.54, 1.807) is 12.1 Å². The van der Waals surface area contributed by atoms with Crippen LogP contribution in [-0.2, 0) is 4.74 Å². The summed E-state index contributed by atoms with van der Waals surface area (Å²) in [6, 6.07) is 28.2. The van der Waals surface area contributed by atoms with Gasteiger partial charge in [-0.25, -0.2) is 4.79 Å². The molecule has 0 N–H and O–H groups in total. The van der Waals surface area contributed by atoms with Crippen molar-refractivity contribution in [3.05, 3.63) is 90.5 Å². The summed E-state index contributed by atoms with van der Waals surface area (Å²) in [6.45, 7) is 6.71. The number of hydrogen-bond acceptors (Lipinski definition) is 3. The molecule has 0 amide bonds. The fraction of sp³-hybridized carbons (Fsp3) is 0.208. The van der Waals surface area contributed by atoms with Crippen LogP contribution < -0.4 is 14.8 Å². The summed E-state index contributed by atoms with van der Waals surface area (Å²) in [7, 11) is -1.28. The van der Waals surface area contributed by atoms with Gasteiger partial charge in [-0.1, -0.05) is 81.4 Å². The minimum atomic E-state index is -2.66. The molecule has 0 saturated carbocycles. The minimum absolute atomic E-state index is 0.114. The fourth-order valence-corrected chi connectivity index (χ4v) is 8.02. The molecule has 0 unspecified atom stereocenters. The van der Waals surface area contributed by atoms with E-state index in [-0.39, 0.29) is 11.0 Å². The van der Waals surface area contributed by atoms with Gasteiger partial charge < -0.3 is 9.16 Å². The molecular weight excluding hydrogens is 364 g/mol. The van der Waals surface area contributed by atoms with E-state index in [9.17, 15) is 4.79 Å². The number of carbonyl (C=O) groups excluding carboxylic acids is 1. The van der Waals surface area contributed by atoms with Crippen molar-refractivity contribution in [2.45, 2.75) is 25.8 Å². The Morgan fingerprint density at radius 1 is 0.750 bits per heavy atom. The molecule has 3 nitrogen and oxygen atoms in total. The SMILES string of the molecule is COC(=O)c1ccc(O[Si](c2ccccc2)(c2ccccc2)C(C)(C)C)cc1. The van der Waals surface area contributed by atoms with Crippen molar-refractivity contribution < 1.29 is 14.0 Å². The van der Waals surface area contributed by atoms with E-state index in [1.807, 2.05) is 24.3 Å². The highest BCUT2D eigenvalue weighted by atomic mass is 28.4. The monoisotopic (exact) mass is 390 g/mol. The number of rotatable bonds is 5. The number of benzene rings is 3. The highest BCUT2D eigenvalue weighted by Gasteiger charge is 2.52. The number of ether oxygens (including phenoxy) is 1. The van der Waals surface area contributed by atoms with Crippen LogP contribution in [0.1, 0.15) is 31.1 Å². The number of carbonyl (C=O) groups is 1. The van der Waals surface area contributed by atoms with Gasteiger partial charge >= 0.3 is 14.3 Å². The second kappa shape index (κ2) is 8.03. The third-order valence-electron chi connectivity index (χ3n) is 4.96. The van der Waals surface area contributed by atoms with Crippen LogP contribution in [-0.4, -0.2) is 21.4 Å². The molecule has 0 fully saturated rings. The Balaban J connectivity index is 2.15. The molecule has 0 heterocycles. The van der Waals surface area contributed by atoms with E-state index in [0.29, 0.717) is 5.56 Å². The molecule has 3 rings (SSSR count). The zero-order chi connectivity index (χ0) is 20.2. The van der Waals surface area contributed by atoms with Crippen molar-refractivity contribution >= 4 is 24.7 Å². The average Bonchev–Trinajstić information content (AvgIpc) is 2.72. The molecule has 0 aromatic heterocycles. The summed E-state index contributed by atoms with van der Waals surface area (Å²) in [5.74, 6) is 0.402. The Labute approximate surface area is 168 Å². The lowest BCUT2D eigenvalue weighted by Crippen LogP contribution is -2.68. The molecule has 0 saturated heterocycles. The molecule has 0 spiro atoms. The van der Waals surface area contributed by atoms with Crippen LogP contribution >= 0.6 is 0 Å². The average molecular weight is 391 g/mol. The Kier molecular flexibility index (Phi) is 5.70. The van der Waals surface area contributed by atoms with Crippen LogP contribution in [0.2, 0.25) is 5.04 Å². The maximum absolute atomic E-state index is 11.8. The van der Waals surface area contributed by atoms with Gasteiger partial charge in [-0.05, 0) is 39.7 Å². The van der Waals surface area contributed by atoms with Crippen LogP contribution in [0.15, 0.2) is 84.9 Å². The van der Waals surface area contributed by atoms with Gasteiger partial charge in [0, 0.05) is 0 Å². The molecule has 0 aliphatic rings. The Morgan fingerprint density at radius 3 is 1.61 bits per heavy atom. The number of esters is 1. The van der Waals surface area contributed by atoms with Crippen molar-refractivity contribution in [1.82, 2.24) is 0 Å². The molecule has 0 aliphatic heterocycles. The molecular formula is C24H26O3Si. The molecule has 0 bridgehead atoms. The van der Waals surface area contributed by atoms with Crippen LogP contribution in [0.25, 0.3) is 0 Å². The highest BCUT2D eigenvalue weighted by Crippen LogP contribution is 2.37. The second-order valence-corrected chi connectivity index (χ2v) is 12.0. The third-order valence-corrected chi connectivity index (χ3v) is 9.91. The summed E-state index contributed by atoms with van der Waals surface area (Å²) in [5, 5.41) is 2.31. The largest absolute Gasteiger partial charge is 0.534 e. The fourth-order valence-electron chi connectivity index (χ4n) is 3.60. The lowest BCUT2D eigenvalue weighted by molar-refractivity contribution is 0.0600. The standard InChI is InChI=1S/C24H26O3Si/c1-24(2,3)28(21-11-7-5-8-12-21,22-13-9-6-10-14-22)27-20-17-15-19(16-18-20)23(25)26-4/h5-18H,1-4H3. The maximum atomic E-state index is 11.8. The Hall–Kier alpha value is -2.85. The van der Waals surface area contributed by atoms with E-state index < -0.39 is 8.32 Å². The predicted molar refractivity (Wildman–Crippen MR) is 116 cm³/mol. The van der Waals surface area contributed by atoms with Crippen molar-refractivity contribution in [2.24, 2.45) is 0 Å². The van der Waals surface area contributed by atoms with Crippen LogP contribution in [0.3, 0.4) is 0 Å². The summed E-state index contributed by atoms with van der Waals surface area (Å²) in [4.78, 5) is 11.8. The van der Waals surface area contributed by atoms with Gasteiger partial charge in [0.2, 0.25) is 0 Å². The van der Waals surface area contributed by atoms with E-state index in [0.717, 1.165) is 5.75 Å². The molecule has 0 radical (unpaired) electrons.